The van der Waals surface area contributed by atoms with Gasteiger partial charge in [-0.25, -0.2) is 0 Å². The molecule has 6 rings (SSSR count). The van der Waals surface area contributed by atoms with Gasteiger partial charge in [-0.05, 0) is 42.2 Å². The molecule has 5 aliphatic rings. The number of pyridine rings is 1. The maximum Gasteiger partial charge on any atom is 0.270 e. The van der Waals surface area contributed by atoms with Crippen LogP contribution in [0.15, 0.2) is 36.7 Å². The highest BCUT2D eigenvalue weighted by molar-refractivity contribution is 6.08. The third-order valence-corrected chi connectivity index (χ3v) is 5.82. The molecule has 23 heavy (non-hydrogen) atoms. The molecule has 6 nitrogen and oxygen atoms in total. The minimum absolute atomic E-state index is 0.161. The molecule has 6 atom stereocenters. The van der Waals surface area contributed by atoms with Crippen molar-refractivity contribution in [3.8, 4) is 0 Å². The second-order valence-electron chi connectivity index (χ2n) is 6.84. The highest BCUT2D eigenvalue weighted by Crippen LogP contribution is 2.65. The molecule has 0 spiro atoms. The first kappa shape index (κ1) is 13.0. The van der Waals surface area contributed by atoms with E-state index in [9.17, 15) is 14.4 Å². The van der Waals surface area contributed by atoms with Crippen LogP contribution in [-0.4, -0.2) is 27.7 Å². The number of imide groups is 1. The molecule has 3 amide bonds. The summed E-state index contributed by atoms with van der Waals surface area (Å²) in [6.07, 6.45) is 8.35. The van der Waals surface area contributed by atoms with Crippen molar-refractivity contribution in [3.63, 3.8) is 0 Å². The fourth-order valence-electron chi connectivity index (χ4n) is 4.74. The number of hydrazine groups is 1. The number of hydrogen-bond acceptors (Lipinski definition) is 4. The number of carbonyl (C=O) groups excluding carboxylic acids is 3. The number of aromatic nitrogens is 1. The van der Waals surface area contributed by atoms with E-state index >= 15 is 0 Å². The Balaban J connectivity index is 1.42. The molecule has 2 bridgehead atoms. The Morgan fingerprint density at radius 3 is 2.17 bits per heavy atom. The van der Waals surface area contributed by atoms with Gasteiger partial charge in [-0.1, -0.05) is 12.2 Å². The topological polar surface area (TPSA) is 79.4 Å². The largest absolute Gasteiger partial charge is 0.272 e. The van der Waals surface area contributed by atoms with Gasteiger partial charge in [0.1, 0.15) is 0 Å². The monoisotopic (exact) mass is 309 g/mol. The van der Waals surface area contributed by atoms with Crippen LogP contribution in [0.3, 0.4) is 0 Å². The summed E-state index contributed by atoms with van der Waals surface area (Å²) in [7, 11) is 0. The second kappa shape index (κ2) is 4.28. The van der Waals surface area contributed by atoms with Crippen LogP contribution in [-0.2, 0) is 9.59 Å². The summed E-state index contributed by atoms with van der Waals surface area (Å²) in [5.74, 6) is -0.128. The van der Waals surface area contributed by atoms with Gasteiger partial charge < -0.3 is 0 Å². The lowest BCUT2D eigenvalue weighted by Gasteiger charge is -2.37. The fraction of sp³-hybridized carbons (Fsp3) is 0.412. The molecule has 6 heteroatoms. The highest BCUT2D eigenvalue weighted by Gasteiger charge is 2.67. The van der Waals surface area contributed by atoms with Crippen LogP contribution in [0.1, 0.15) is 16.8 Å². The minimum Gasteiger partial charge on any atom is -0.272 e. The molecule has 3 fully saturated rings. The number of hydrogen-bond donors (Lipinski definition) is 1. The molecular weight excluding hydrogens is 294 g/mol. The third kappa shape index (κ3) is 1.63. The third-order valence-electron chi connectivity index (χ3n) is 5.82. The average Bonchev–Trinajstić information content (AvgIpc) is 3.37. The van der Waals surface area contributed by atoms with E-state index < -0.39 is 5.91 Å². The standard InChI is InChI=1S/C17H15N3O3/c21-15(8-3-5-18-6-4-8)19-20-16(22)13-9-1-2-10(12-7-11(9)12)14(13)17(20)23/h1-6,9-14H,7H2,(H,19,21)/t9-,10+,11-,12-,13+,14-/m1/s1. The van der Waals surface area contributed by atoms with Crippen molar-refractivity contribution in [1.82, 2.24) is 15.4 Å². The summed E-state index contributed by atoms with van der Waals surface area (Å²) in [5.41, 5.74) is 2.86. The zero-order valence-corrected chi connectivity index (χ0v) is 12.3. The van der Waals surface area contributed by atoms with Gasteiger partial charge in [-0.2, -0.15) is 5.01 Å². The van der Waals surface area contributed by atoms with Crippen molar-refractivity contribution in [2.75, 3.05) is 0 Å². The minimum atomic E-state index is -0.460. The predicted molar refractivity (Wildman–Crippen MR) is 78.3 cm³/mol. The molecule has 0 unspecified atom stereocenters. The van der Waals surface area contributed by atoms with Crippen LogP contribution in [0.4, 0.5) is 0 Å². The molecule has 1 aliphatic heterocycles. The highest BCUT2D eigenvalue weighted by atomic mass is 16.2. The summed E-state index contributed by atoms with van der Waals surface area (Å²) in [5, 5.41) is 0.954. The van der Waals surface area contributed by atoms with Crippen LogP contribution in [0.2, 0.25) is 0 Å². The van der Waals surface area contributed by atoms with E-state index in [0.717, 1.165) is 11.4 Å². The van der Waals surface area contributed by atoms with Gasteiger partial charge in [0.05, 0.1) is 11.8 Å². The van der Waals surface area contributed by atoms with Gasteiger partial charge in [0.25, 0.3) is 17.7 Å². The second-order valence-corrected chi connectivity index (χ2v) is 6.84. The average molecular weight is 309 g/mol. The Bertz CT molecular complexity index is 724. The van der Waals surface area contributed by atoms with Crippen molar-refractivity contribution >= 4 is 17.7 Å². The van der Waals surface area contributed by atoms with Crippen LogP contribution >= 0.6 is 0 Å². The van der Waals surface area contributed by atoms with Gasteiger partial charge in [-0.15, -0.1) is 0 Å². The van der Waals surface area contributed by atoms with Gasteiger partial charge in [0, 0.05) is 18.0 Å². The lowest BCUT2D eigenvalue weighted by Crippen LogP contribution is -2.46. The molecule has 2 saturated carbocycles. The molecule has 1 aromatic rings. The van der Waals surface area contributed by atoms with Crippen LogP contribution in [0.5, 0.6) is 0 Å². The molecular formula is C17H15N3O3. The molecule has 1 aromatic heterocycles. The zero-order valence-electron chi connectivity index (χ0n) is 12.3. The summed E-state index contributed by atoms with van der Waals surface area (Å²) < 4.78 is 0. The first-order valence-electron chi connectivity index (χ1n) is 7.94. The first-order chi connectivity index (χ1) is 11.2. The molecule has 0 aromatic carbocycles. The number of amides is 3. The Kier molecular flexibility index (Phi) is 2.42. The maximum atomic E-state index is 12.7. The van der Waals surface area contributed by atoms with Gasteiger partial charge in [0.2, 0.25) is 0 Å². The number of carbonyl (C=O) groups is 3. The smallest absolute Gasteiger partial charge is 0.270 e. The van der Waals surface area contributed by atoms with E-state index in [1.807, 2.05) is 0 Å². The Labute approximate surface area is 132 Å². The van der Waals surface area contributed by atoms with Gasteiger partial charge in [0.15, 0.2) is 0 Å². The van der Waals surface area contributed by atoms with Crippen molar-refractivity contribution < 1.29 is 14.4 Å². The quantitative estimate of drug-likeness (QED) is 0.647. The van der Waals surface area contributed by atoms with E-state index in [1.54, 1.807) is 12.1 Å². The SMILES string of the molecule is O=C(NN1C(=O)[C@@H]2[C@H]3C=C[C@H]([C@H]4C[C@H]34)[C@@H]2C1=O)c1ccncc1. The number of nitrogens with one attached hydrogen (secondary N) is 1. The van der Waals surface area contributed by atoms with E-state index in [2.05, 4.69) is 22.6 Å². The summed E-state index contributed by atoms with van der Waals surface area (Å²) in [6.45, 7) is 0. The maximum absolute atomic E-state index is 12.7. The summed E-state index contributed by atoms with van der Waals surface area (Å²) >= 11 is 0. The Morgan fingerprint density at radius 2 is 1.61 bits per heavy atom. The molecule has 1 N–H and O–H groups in total. The molecule has 2 heterocycles. The van der Waals surface area contributed by atoms with E-state index in [0.29, 0.717) is 17.4 Å². The first-order valence-corrected chi connectivity index (χ1v) is 7.94. The van der Waals surface area contributed by atoms with Crippen molar-refractivity contribution in [2.45, 2.75) is 6.42 Å². The molecule has 4 aliphatic carbocycles. The fourth-order valence-corrected chi connectivity index (χ4v) is 4.74. The number of nitrogens with zero attached hydrogens (tertiary/aromatic N) is 2. The molecule has 0 radical (unpaired) electrons. The molecule has 116 valence electrons. The van der Waals surface area contributed by atoms with E-state index in [-0.39, 0.29) is 35.5 Å². The van der Waals surface area contributed by atoms with Crippen molar-refractivity contribution in [2.24, 2.45) is 35.5 Å². The predicted octanol–water partition coefficient (Wildman–Crippen LogP) is 0.779. The van der Waals surface area contributed by atoms with Crippen molar-refractivity contribution in [3.05, 3.63) is 42.2 Å². The Morgan fingerprint density at radius 1 is 1.04 bits per heavy atom. The number of allylic oxidation sites excluding steroid dienone is 2. The van der Waals surface area contributed by atoms with Crippen LogP contribution in [0.25, 0.3) is 0 Å². The van der Waals surface area contributed by atoms with E-state index in [4.69, 9.17) is 0 Å². The van der Waals surface area contributed by atoms with Gasteiger partial charge >= 0.3 is 0 Å². The molecule has 1 saturated heterocycles. The van der Waals surface area contributed by atoms with Crippen LogP contribution < -0.4 is 5.43 Å². The van der Waals surface area contributed by atoms with Crippen LogP contribution in [0, 0.1) is 35.5 Å². The Hall–Kier alpha value is -2.50. The lowest BCUT2D eigenvalue weighted by atomic mass is 9.63. The van der Waals surface area contributed by atoms with Crippen molar-refractivity contribution in [1.29, 1.82) is 0 Å². The van der Waals surface area contributed by atoms with Gasteiger partial charge in [-0.3, -0.25) is 24.8 Å². The normalized spacial score (nSPS) is 39.2. The zero-order chi connectivity index (χ0) is 15.7. The summed E-state index contributed by atoms with van der Waals surface area (Å²) in [6, 6.07) is 3.10. The number of rotatable bonds is 2. The lowest BCUT2D eigenvalue weighted by molar-refractivity contribution is -0.143. The van der Waals surface area contributed by atoms with E-state index in [1.165, 1.54) is 12.4 Å². The summed E-state index contributed by atoms with van der Waals surface area (Å²) in [4.78, 5) is 41.5.